The van der Waals surface area contributed by atoms with Crippen LogP contribution in [0.5, 0.6) is 0 Å². The number of benzene rings is 1. The SMILES string of the molecule is Cc1c(C2(C)CCB(C#N)CC2)ccc2c1COC2=O. The summed E-state index contributed by atoms with van der Waals surface area (Å²) in [4.78, 5) is 11.6. The second kappa shape index (κ2) is 4.66. The summed E-state index contributed by atoms with van der Waals surface area (Å²) in [5, 5.41) is 9.04. The van der Waals surface area contributed by atoms with Crippen molar-refractivity contribution in [2.75, 3.05) is 0 Å². The van der Waals surface area contributed by atoms with Gasteiger partial charge in [0.2, 0.25) is 0 Å². The van der Waals surface area contributed by atoms with Gasteiger partial charge >= 0.3 is 5.97 Å². The fourth-order valence-corrected chi connectivity index (χ4v) is 3.66. The summed E-state index contributed by atoms with van der Waals surface area (Å²) < 4.78 is 5.13. The Labute approximate surface area is 120 Å². The second-order valence-electron chi connectivity index (χ2n) is 6.30. The van der Waals surface area contributed by atoms with E-state index in [1.54, 1.807) is 0 Å². The van der Waals surface area contributed by atoms with Gasteiger partial charge in [0.05, 0.1) is 5.56 Å². The van der Waals surface area contributed by atoms with E-state index in [9.17, 15) is 4.79 Å². The molecule has 1 fully saturated rings. The first kappa shape index (κ1) is 13.2. The van der Waals surface area contributed by atoms with Crippen molar-refractivity contribution in [1.29, 1.82) is 5.26 Å². The lowest BCUT2D eigenvalue weighted by Gasteiger charge is -2.36. The molecule has 2 heterocycles. The number of carbonyl (C=O) groups is 1. The zero-order chi connectivity index (χ0) is 14.3. The molecule has 0 N–H and O–H groups in total. The molecule has 0 amide bonds. The first-order valence-corrected chi connectivity index (χ1v) is 7.25. The van der Waals surface area contributed by atoms with Crippen LogP contribution in [0, 0.1) is 18.2 Å². The Morgan fingerprint density at radius 1 is 1.35 bits per heavy atom. The van der Waals surface area contributed by atoms with Crippen molar-refractivity contribution in [3.05, 3.63) is 34.4 Å². The van der Waals surface area contributed by atoms with Crippen LogP contribution < -0.4 is 0 Å². The molecule has 2 aliphatic rings. The third kappa shape index (κ3) is 1.93. The fraction of sp³-hybridized carbons (Fsp3) is 0.500. The number of hydrogen-bond donors (Lipinski definition) is 0. The average Bonchev–Trinajstić information content (AvgIpc) is 2.83. The molecule has 0 unspecified atom stereocenters. The molecule has 0 radical (unpaired) electrons. The summed E-state index contributed by atoms with van der Waals surface area (Å²) in [5.74, 6) is 2.19. The van der Waals surface area contributed by atoms with E-state index >= 15 is 0 Å². The van der Waals surface area contributed by atoms with Crippen LogP contribution in [0.2, 0.25) is 12.6 Å². The normalized spacial score (nSPS) is 20.2. The van der Waals surface area contributed by atoms with Gasteiger partial charge in [0.1, 0.15) is 6.61 Å². The van der Waals surface area contributed by atoms with Crippen LogP contribution in [-0.2, 0) is 16.8 Å². The molecule has 0 aliphatic carbocycles. The number of fused-ring (bicyclic) bond motifs is 1. The summed E-state index contributed by atoms with van der Waals surface area (Å²) in [5.41, 5.74) is 4.42. The second-order valence-corrected chi connectivity index (χ2v) is 6.30. The largest absolute Gasteiger partial charge is 0.457 e. The van der Waals surface area contributed by atoms with Crippen molar-refractivity contribution in [2.45, 2.75) is 51.4 Å². The molecule has 0 bridgehead atoms. The maximum Gasteiger partial charge on any atom is 0.338 e. The van der Waals surface area contributed by atoms with Crippen LogP contribution in [0.1, 0.15) is 46.8 Å². The number of cyclic esters (lactones) is 1. The number of nitrogens with zero attached hydrogens (tertiary/aromatic N) is 1. The molecule has 102 valence electrons. The van der Waals surface area contributed by atoms with Gasteiger partial charge in [-0.15, -0.1) is 0 Å². The molecule has 3 nitrogen and oxygen atoms in total. The van der Waals surface area contributed by atoms with E-state index in [-0.39, 0.29) is 18.1 Å². The quantitative estimate of drug-likeness (QED) is 0.579. The lowest BCUT2D eigenvalue weighted by Crippen LogP contribution is -2.32. The Hall–Kier alpha value is -1.76. The summed E-state index contributed by atoms with van der Waals surface area (Å²) >= 11 is 0. The monoisotopic (exact) mass is 267 g/mol. The summed E-state index contributed by atoms with van der Waals surface area (Å²) in [7, 11) is 0. The Bertz CT molecular complexity index is 610. The number of esters is 1. The zero-order valence-electron chi connectivity index (χ0n) is 12.0. The Balaban J connectivity index is 1.96. The number of rotatable bonds is 1. The Morgan fingerprint density at radius 3 is 2.70 bits per heavy atom. The third-order valence-electron chi connectivity index (χ3n) is 5.09. The van der Waals surface area contributed by atoms with Crippen molar-refractivity contribution in [3.8, 4) is 5.97 Å². The van der Waals surface area contributed by atoms with E-state index in [2.05, 4.69) is 25.9 Å². The molecule has 2 aliphatic heterocycles. The van der Waals surface area contributed by atoms with Crippen LogP contribution in [0.4, 0.5) is 0 Å². The maximum atomic E-state index is 11.6. The Kier molecular flexibility index (Phi) is 3.09. The van der Waals surface area contributed by atoms with Crippen LogP contribution in [-0.4, -0.2) is 12.7 Å². The minimum absolute atomic E-state index is 0.123. The number of carbonyl (C=O) groups excluding carboxylic acids is 1. The first-order valence-electron chi connectivity index (χ1n) is 7.25. The average molecular weight is 267 g/mol. The number of ether oxygens (including phenoxy) is 1. The highest BCUT2D eigenvalue weighted by atomic mass is 16.5. The summed E-state index contributed by atoms with van der Waals surface area (Å²) in [6, 6.07) is 4.00. The summed E-state index contributed by atoms with van der Waals surface area (Å²) in [6.07, 6.45) is 4.03. The zero-order valence-corrected chi connectivity index (χ0v) is 12.0. The van der Waals surface area contributed by atoms with Crippen LogP contribution in [0.3, 0.4) is 0 Å². The molecule has 1 aromatic rings. The van der Waals surface area contributed by atoms with E-state index in [1.807, 2.05) is 6.07 Å². The molecular formula is C16H18BNO2. The molecule has 20 heavy (non-hydrogen) atoms. The van der Waals surface area contributed by atoms with E-state index in [1.165, 1.54) is 11.1 Å². The minimum Gasteiger partial charge on any atom is -0.457 e. The molecule has 0 saturated carbocycles. The van der Waals surface area contributed by atoms with Crippen LogP contribution in [0.25, 0.3) is 0 Å². The highest BCUT2D eigenvalue weighted by molar-refractivity contribution is 6.67. The van der Waals surface area contributed by atoms with Crippen molar-refractivity contribution >= 4 is 12.7 Å². The number of hydrogen-bond acceptors (Lipinski definition) is 3. The van der Waals surface area contributed by atoms with Crippen molar-refractivity contribution < 1.29 is 9.53 Å². The lowest BCUT2D eigenvalue weighted by atomic mass is 9.39. The van der Waals surface area contributed by atoms with E-state index in [0.29, 0.717) is 6.61 Å². The highest BCUT2D eigenvalue weighted by Gasteiger charge is 2.37. The molecule has 0 spiro atoms. The van der Waals surface area contributed by atoms with E-state index in [0.717, 1.165) is 36.6 Å². The first-order chi connectivity index (χ1) is 9.55. The van der Waals surface area contributed by atoms with Gasteiger partial charge in [0.15, 0.2) is 0 Å². The molecule has 0 aromatic heterocycles. The highest BCUT2D eigenvalue weighted by Crippen LogP contribution is 2.42. The smallest absolute Gasteiger partial charge is 0.338 e. The van der Waals surface area contributed by atoms with E-state index < -0.39 is 0 Å². The van der Waals surface area contributed by atoms with Gasteiger partial charge in [0.25, 0.3) is 6.71 Å². The van der Waals surface area contributed by atoms with Gasteiger partial charge in [-0.3, -0.25) is 0 Å². The molecule has 1 aromatic carbocycles. The molecule has 4 heteroatoms. The lowest BCUT2D eigenvalue weighted by molar-refractivity contribution is 0.0535. The summed E-state index contributed by atoms with van der Waals surface area (Å²) in [6.45, 7) is 5.00. The number of nitriles is 1. The van der Waals surface area contributed by atoms with Gasteiger partial charge < -0.3 is 4.74 Å². The predicted molar refractivity (Wildman–Crippen MR) is 77.9 cm³/mol. The Morgan fingerprint density at radius 2 is 2.05 bits per heavy atom. The van der Waals surface area contributed by atoms with Gasteiger partial charge in [-0.25, -0.2) is 10.1 Å². The van der Waals surface area contributed by atoms with Gasteiger partial charge in [-0.2, -0.15) is 0 Å². The van der Waals surface area contributed by atoms with Crippen LogP contribution in [0.15, 0.2) is 12.1 Å². The van der Waals surface area contributed by atoms with E-state index in [4.69, 9.17) is 10.00 Å². The maximum absolute atomic E-state index is 11.6. The van der Waals surface area contributed by atoms with Gasteiger partial charge in [-0.1, -0.05) is 25.6 Å². The van der Waals surface area contributed by atoms with Crippen LogP contribution >= 0.6 is 0 Å². The molecule has 1 saturated heterocycles. The fourth-order valence-electron chi connectivity index (χ4n) is 3.66. The van der Waals surface area contributed by atoms with Crippen molar-refractivity contribution in [1.82, 2.24) is 0 Å². The topological polar surface area (TPSA) is 50.1 Å². The molecule has 3 rings (SSSR count). The van der Waals surface area contributed by atoms with Gasteiger partial charge in [-0.05, 0) is 42.4 Å². The third-order valence-corrected chi connectivity index (χ3v) is 5.09. The standard InChI is InChI=1S/C16H18BNO2/c1-11-13-9-20-15(19)12(13)3-4-14(11)16(2)5-7-17(10-18)8-6-16/h3-4H,5-9H2,1-2H3. The predicted octanol–water partition coefficient (Wildman–Crippen LogP) is 3.27. The van der Waals surface area contributed by atoms with Crippen molar-refractivity contribution in [2.24, 2.45) is 0 Å². The van der Waals surface area contributed by atoms with Gasteiger partial charge in [0, 0.05) is 11.5 Å². The minimum atomic E-state index is -0.201. The van der Waals surface area contributed by atoms with Crippen molar-refractivity contribution in [3.63, 3.8) is 0 Å². The molecule has 0 atom stereocenters. The molecular weight excluding hydrogens is 249 g/mol.